The van der Waals surface area contributed by atoms with Crippen LogP contribution in [0.25, 0.3) is 0 Å². The van der Waals surface area contributed by atoms with Gasteiger partial charge in [-0.2, -0.15) is 0 Å². The smallest absolute Gasteiger partial charge is 0.156 e. The molecule has 0 aliphatic carbocycles. The molecule has 0 aromatic heterocycles. The second kappa shape index (κ2) is 1.79. The Morgan fingerprint density at radius 1 is 1.75 bits per heavy atom. The fourth-order valence-electron chi connectivity index (χ4n) is 0.464. The first-order valence-corrected chi connectivity index (χ1v) is 2.18. The number of hydroxylamine groups is 1. The van der Waals surface area contributed by atoms with Gasteiger partial charge in [0.15, 0.2) is 5.84 Å². The highest BCUT2D eigenvalue weighted by molar-refractivity contribution is 6.01. The minimum Gasteiger partial charge on any atom is -0.290 e. The van der Waals surface area contributed by atoms with Gasteiger partial charge in [0.25, 0.3) is 0 Å². The SMILES string of the molecule is C=C1C=CN=C1NO. The monoisotopic (exact) mass is 110 g/mol. The molecule has 1 rings (SSSR count). The lowest BCUT2D eigenvalue weighted by Gasteiger charge is -1.94. The van der Waals surface area contributed by atoms with E-state index < -0.39 is 0 Å². The zero-order valence-corrected chi connectivity index (χ0v) is 4.26. The lowest BCUT2D eigenvalue weighted by molar-refractivity contribution is 0.235. The maximum absolute atomic E-state index is 8.25. The highest BCUT2D eigenvalue weighted by Crippen LogP contribution is 2.01. The molecule has 0 bridgehead atoms. The van der Waals surface area contributed by atoms with Crippen LogP contribution in [-0.4, -0.2) is 11.0 Å². The van der Waals surface area contributed by atoms with Gasteiger partial charge in [-0.3, -0.25) is 10.7 Å². The van der Waals surface area contributed by atoms with Crippen LogP contribution in [-0.2, 0) is 0 Å². The van der Waals surface area contributed by atoms with Gasteiger partial charge >= 0.3 is 0 Å². The van der Waals surface area contributed by atoms with Crippen molar-refractivity contribution in [3.05, 3.63) is 24.4 Å². The number of hydrogen-bond donors (Lipinski definition) is 2. The molecule has 0 radical (unpaired) electrons. The molecule has 0 unspecified atom stereocenters. The van der Waals surface area contributed by atoms with Crippen molar-refractivity contribution in [2.75, 3.05) is 0 Å². The van der Waals surface area contributed by atoms with Crippen LogP contribution in [0.1, 0.15) is 0 Å². The molecule has 0 atom stereocenters. The van der Waals surface area contributed by atoms with E-state index in [0.717, 1.165) is 0 Å². The number of amidine groups is 1. The maximum Gasteiger partial charge on any atom is 0.156 e. The Bertz CT molecular complexity index is 169. The molecule has 3 heteroatoms. The van der Waals surface area contributed by atoms with Crippen LogP contribution >= 0.6 is 0 Å². The van der Waals surface area contributed by atoms with Crippen LogP contribution in [0.5, 0.6) is 0 Å². The number of hydrogen-bond acceptors (Lipinski definition) is 3. The van der Waals surface area contributed by atoms with Gasteiger partial charge in [0.1, 0.15) is 0 Å². The predicted octanol–water partition coefficient (Wildman–Crippen LogP) is 0.447. The Morgan fingerprint density at radius 2 is 2.50 bits per heavy atom. The molecule has 0 fully saturated rings. The van der Waals surface area contributed by atoms with Gasteiger partial charge in [0.2, 0.25) is 0 Å². The number of nitrogens with zero attached hydrogens (tertiary/aromatic N) is 1. The Hall–Kier alpha value is -1.09. The van der Waals surface area contributed by atoms with Gasteiger partial charge in [-0.25, -0.2) is 4.99 Å². The summed E-state index contributed by atoms with van der Waals surface area (Å²) in [5.41, 5.74) is 2.60. The first-order valence-electron chi connectivity index (χ1n) is 2.18. The highest BCUT2D eigenvalue weighted by Gasteiger charge is 2.01. The van der Waals surface area contributed by atoms with E-state index in [0.29, 0.717) is 11.4 Å². The molecular formula is C5H6N2O. The lowest BCUT2D eigenvalue weighted by atomic mass is 10.3. The fraction of sp³-hybridized carbons (Fsp3) is 0. The van der Waals surface area contributed by atoms with Crippen LogP contribution in [0, 0.1) is 0 Å². The van der Waals surface area contributed by atoms with Crippen molar-refractivity contribution >= 4 is 5.84 Å². The molecule has 2 N–H and O–H groups in total. The topological polar surface area (TPSA) is 44.6 Å². The Kier molecular flexibility index (Phi) is 1.13. The Labute approximate surface area is 47.0 Å². The van der Waals surface area contributed by atoms with E-state index >= 15 is 0 Å². The molecule has 42 valence electrons. The van der Waals surface area contributed by atoms with Gasteiger partial charge in [-0.1, -0.05) is 6.58 Å². The van der Waals surface area contributed by atoms with Crippen LogP contribution in [0.3, 0.4) is 0 Å². The average Bonchev–Trinajstić information content (AvgIpc) is 2.14. The second-order valence-electron chi connectivity index (χ2n) is 1.43. The normalized spacial score (nSPS) is 16.6. The van der Waals surface area contributed by atoms with Crippen molar-refractivity contribution < 1.29 is 5.21 Å². The van der Waals surface area contributed by atoms with E-state index in [9.17, 15) is 0 Å². The zero-order chi connectivity index (χ0) is 5.98. The Morgan fingerprint density at radius 3 is 2.75 bits per heavy atom. The summed E-state index contributed by atoms with van der Waals surface area (Å²) in [7, 11) is 0. The number of aliphatic imine (C=N–C) groups is 1. The summed E-state index contributed by atoms with van der Waals surface area (Å²) in [5, 5.41) is 8.25. The summed E-state index contributed by atoms with van der Waals surface area (Å²) in [6.07, 6.45) is 3.28. The molecule has 0 amide bonds. The largest absolute Gasteiger partial charge is 0.290 e. The number of rotatable bonds is 0. The van der Waals surface area contributed by atoms with Gasteiger partial charge in [0.05, 0.1) is 0 Å². The molecule has 0 spiro atoms. The van der Waals surface area contributed by atoms with Crippen LogP contribution in [0.4, 0.5) is 0 Å². The van der Waals surface area contributed by atoms with Gasteiger partial charge < -0.3 is 0 Å². The molecule has 1 aliphatic rings. The van der Waals surface area contributed by atoms with Crippen molar-refractivity contribution in [1.29, 1.82) is 0 Å². The summed E-state index contributed by atoms with van der Waals surface area (Å²) in [4.78, 5) is 3.71. The molecular weight excluding hydrogens is 104 g/mol. The van der Waals surface area contributed by atoms with E-state index in [1.807, 2.05) is 5.48 Å². The van der Waals surface area contributed by atoms with Crippen LogP contribution < -0.4 is 5.48 Å². The van der Waals surface area contributed by atoms with E-state index in [1.54, 1.807) is 12.3 Å². The fourth-order valence-corrected chi connectivity index (χ4v) is 0.464. The average molecular weight is 110 g/mol. The standard InChI is InChI=1S/C5H6N2O/c1-4-2-3-6-5(4)7-8/h2-3,8H,1H2,(H,6,7). The summed E-state index contributed by atoms with van der Waals surface area (Å²) in [6.45, 7) is 3.57. The summed E-state index contributed by atoms with van der Waals surface area (Å²) in [6, 6.07) is 0. The molecule has 8 heavy (non-hydrogen) atoms. The molecule has 0 aromatic rings. The van der Waals surface area contributed by atoms with Crippen molar-refractivity contribution in [2.45, 2.75) is 0 Å². The van der Waals surface area contributed by atoms with Crippen LogP contribution in [0.2, 0.25) is 0 Å². The van der Waals surface area contributed by atoms with E-state index in [1.165, 1.54) is 0 Å². The van der Waals surface area contributed by atoms with Crippen molar-refractivity contribution in [3.8, 4) is 0 Å². The summed E-state index contributed by atoms with van der Waals surface area (Å²) >= 11 is 0. The second-order valence-corrected chi connectivity index (χ2v) is 1.43. The molecule has 1 heterocycles. The third kappa shape index (κ3) is 0.631. The minimum atomic E-state index is 0.421. The van der Waals surface area contributed by atoms with Crippen molar-refractivity contribution in [2.24, 2.45) is 4.99 Å². The first kappa shape index (κ1) is 5.05. The lowest BCUT2D eigenvalue weighted by Crippen LogP contribution is -2.17. The molecule has 1 aliphatic heterocycles. The maximum atomic E-state index is 8.25. The summed E-state index contributed by atoms with van der Waals surface area (Å²) < 4.78 is 0. The van der Waals surface area contributed by atoms with Gasteiger partial charge in [0, 0.05) is 11.8 Å². The van der Waals surface area contributed by atoms with Crippen LogP contribution in [0.15, 0.2) is 29.4 Å². The highest BCUT2D eigenvalue weighted by atomic mass is 16.5. The Balaban J connectivity index is 2.73. The van der Waals surface area contributed by atoms with Gasteiger partial charge in [-0.05, 0) is 6.08 Å². The van der Waals surface area contributed by atoms with Gasteiger partial charge in [-0.15, -0.1) is 0 Å². The number of nitrogens with one attached hydrogen (secondary N) is 1. The first-order chi connectivity index (χ1) is 3.84. The quantitative estimate of drug-likeness (QED) is 0.444. The molecule has 3 nitrogen and oxygen atoms in total. The zero-order valence-electron chi connectivity index (χ0n) is 4.26. The summed E-state index contributed by atoms with van der Waals surface area (Å²) in [5.74, 6) is 0.421. The van der Waals surface area contributed by atoms with E-state index in [2.05, 4.69) is 11.6 Å². The van der Waals surface area contributed by atoms with E-state index in [-0.39, 0.29) is 0 Å². The van der Waals surface area contributed by atoms with Crippen molar-refractivity contribution in [3.63, 3.8) is 0 Å². The molecule has 0 saturated carbocycles. The third-order valence-corrected chi connectivity index (χ3v) is 0.889. The minimum absolute atomic E-state index is 0.421. The van der Waals surface area contributed by atoms with Crippen molar-refractivity contribution in [1.82, 2.24) is 5.48 Å². The molecule has 0 saturated heterocycles. The predicted molar refractivity (Wildman–Crippen MR) is 30.6 cm³/mol. The van der Waals surface area contributed by atoms with E-state index in [4.69, 9.17) is 5.21 Å². The third-order valence-electron chi connectivity index (χ3n) is 0.889. The molecule has 0 aromatic carbocycles.